The SMILES string of the molecule is c1ccc(CNc2nc(-c3nsc4ccccc34)nc3c2CCCC3)cc1. The van der Waals surface area contributed by atoms with Crippen molar-refractivity contribution < 1.29 is 0 Å². The van der Waals surface area contributed by atoms with Gasteiger partial charge in [0.25, 0.3) is 0 Å². The summed E-state index contributed by atoms with van der Waals surface area (Å²) in [5.41, 5.74) is 4.60. The summed E-state index contributed by atoms with van der Waals surface area (Å²) in [5.74, 6) is 1.71. The van der Waals surface area contributed by atoms with E-state index < -0.39 is 0 Å². The van der Waals surface area contributed by atoms with Crippen molar-refractivity contribution in [1.82, 2.24) is 14.3 Å². The van der Waals surface area contributed by atoms with Gasteiger partial charge in [-0.25, -0.2) is 9.97 Å². The van der Waals surface area contributed by atoms with Gasteiger partial charge in [-0.05, 0) is 48.8 Å². The van der Waals surface area contributed by atoms with E-state index >= 15 is 0 Å². The van der Waals surface area contributed by atoms with Gasteiger partial charge in [0, 0.05) is 23.2 Å². The predicted octanol–water partition coefficient (Wildman–Crippen LogP) is 5.24. The number of benzene rings is 2. The van der Waals surface area contributed by atoms with Crippen molar-refractivity contribution in [3.63, 3.8) is 0 Å². The number of anilines is 1. The zero-order chi connectivity index (χ0) is 18.1. The number of aromatic nitrogens is 3. The Kier molecular flexibility index (Phi) is 4.30. The first-order valence-electron chi connectivity index (χ1n) is 9.41. The summed E-state index contributed by atoms with van der Waals surface area (Å²) in [4.78, 5) is 9.83. The Labute approximate surface area is 162 Å². The molecule has 0 saturated heterocycles. The molecule has 0 amide bonds. The van der Waals surface area contributed by atoms with Crippen LogP contribution in [-0.4, -0.2) is 14.3 Å². The van der Waals surface area contributed by atoms with Crippen LogP contribution in [-0.2, 0) is 19.4 Å². The molecule has 1 aliphatic carbocycles. The molecule has 0 bridgehead atoms. The van der Waals surface area contributed by atoms with Gasteiger partial charge in [-0.3, -0.25) is 0 Å². The summed E-state index contributed by atoms with van der Waals surface area (Å²) in [6.45, 7) is 0.765. The first-order chi connectivity index (χ1) is 13.4. The first kappa shape index (κ1) is 16.4. The lowest BCUT2D eigenvalue weighted by atomic mass is 9.96. The van der Waals surface area contributed by atoms with Crippen molar-refractivity contribution in [2.45, 2.75) is 32.2 Å². The Balaban J connectivity index is 1.56. The van der Waals surface area contributed by atoms with Gasteiger partial charge in [-0.2, -0.15) is 4.37 Å². The molecular weight excluding hydrogens is 352 g/mol. The predicted molar refractivity (Wildman–Crippen MR) is 111 cm³/mol. The second-order valence-electron chi connectivity index (χ2n) is 6.89. The molecule has 0 spiro atoms. The van der Waals surface area contributed by atoms with Crippen LogP contribution in [0.1, 0.15) is 29.7 Å². The third kappa shape index (κ3) is 3.19. The topological polar surface area (TPSA) is 50.7 Å². The highest BCUT2D eigenvalue weighted by Gasteiger charge is 2.20. The largest absolute Gasteiger partial charge is 0.366 e. The molecule has 0 radical (unpaired) electrons. The zero-order valence-corrected chi connectivity index (χ0v) is 15.8. The van der Waals surface area contributed by atoms with Gasteiger partial charge in [-0.15, -0.1) is 0 Å². The number of hydrogen-bond donors (Lipinski definition) is 1. The second-order valence-corrected chi connectivity index (χ2v) is 7.70. The Morgan fingerprint density at radius 3 is 2.63 bits per heavy atom. The van der Waals surface area contributed by atoms with E-state index in [0.29, 0.717) is 0 Å². The molecule has 0 aliphatic heterocycles. The number of hydrogen-bond acceptors (Lipinski definition) is 5. The Morgan fingerprint density at radius 2 is 1.70 bits per heavy atom. The molecule has 0 fully saturated rings. The van der Waals surface area contributed by atoms with E-state index in [1.165, 1.54) is 45.9 Å². The molecule has 0 atom stereocenters. The lowest BCUT2D eigenvalue weighted by Gasteiger charge is -2.19. The van der Waals surface area contributed by atoms with Gasteiger partial charge >= 0.3 is 0 Å². The molecule has 27 heavy (non-hydrogen) atoms. The van der Waals surface area contributed by atoms with E-state index in [0.717, 1.165) is 42.1 Å². The van der Waals surface area contributed by atoms with Crippen molar-refractivity contribution in [2.24, 2.45) is 0 Å². The van der Waals surface area contributed by atoms with Crippen LogP contribution >= 0.6 is 11.5 Å². The van der Waals surface area contributed by atoms with E-state index in [9.17, 15) is 0 Å². The van der Waals surface area contributed by atoms with Crippen LogP contribution in [0.15, 0.2) is 54.6 Å². The van der Waals surface area contributed by atoms with E-state index in [1.54, 1.807) is 0 Å². The Bertz CT molecular complexity index is 1090. The average molecular weight is 372 g/mol. The molecule has 1 aliphatic rings. The quantitative estimate of drug-likeness (QED) is 0.532. The minimum absolute atomic E-state index is 0.740. The molecule has 1 N–H and O–H groups in total. The van der Waals surface area contributed by atoms with Gasteiger partial charge in [0.1, 0.15) is 11.5 Å². The van der Waals surface area contributed by atoms with Gasteiger partial charge in [0.2, 0.25) is 0 Å². The van der Waals surface area contributed by atoms with Gasteiger partial charge in [0.05, 0.1) is 4.70 Å². The maximum Gasteiger partial charge on any atom is 0.182 e. The standard InChI is InChI=1S/C22H20N4S/c1-2-8-15(9-3-1)14-23-21-16-10-4-6-12-18(16)24-22(25-21)20-17-11-5-7-13-19(17)27-26-20/h1-3,5,7-9,11,13H,4,6,10,12,14H2,(H,23,24,25). The van der Waals surface area contributed by atoms with Crippen LogP contribution in [0.2, 0.25) is 0 Å². The zero-order valence-electron chi connectivity index (χ0n) is 15.0. The molecule has 4 nitrogen and oxygen atoms in total. The Hall–Kier alpha value is -2.79. The highest BCUT2D eigenvalue weighted by atomic mass is 32.1. The molecule has 0 unspecified atom stereocenters. The fourth-order valence-electron chi connectivity index (χ4n) is 3.67. The molecule has 2 heterocycles. The molecule has 5 heteroatoms. The van der Waals surface area contributed by atoms with Gasteiger partial charge in [0.15, 0.2) is 5.82 Å². The fraction of sp³-hybridized carbons (Fsp3) is 0.227. The van der Waals surface area contributed by atoms with Crippen LogP contribution in [0, 0.1) is 0 Å². The summed E-state index contributed by atoms with van der Waals surface area (Å²) in [5, 5.41) is 4.70. The van der Waals surface area contributed by atoms with Crippen molar-refractivity contribution in [1.29, 1.82) is 0 Å². The maximum absolute atomic E-state index is 4.92. The third-order valence-corrected chi connectivity index (χ3v) is 5.90. The first-order valence-corrected chi connectivity index (χ1v) is 10.2. The molecule has 134 valence electrons. The molecule has 5 rings (SSSR count). The number of rotatable bonds is 4. The minimum atomic E-state index is 0.740. The van der Waals surface area contributed by atoms with Gasteiger partial charge < -0.3 is 5.32 Å². The average Bonchev–Trinajstić information content (AvgIpc) is 3.17. The van der Waals surface area contributed by atoms with Crippen molar-refractivity contribution in [3.8, 4) is 11.5 Å². The monoisotopic (exact) mass is 372 g/mol. The normalized spacial score (nSPS) is 13.5. The van der Waals surface area contributed by atoms with Crippen LogP contribution in [0.25, 0.3) is 21.6 Å². The number of nitrogens with zero attached hydrogens (tertiary/aromatic N) is 3. The van der Waals surface area contributed by atoms with Crippen molar-refractivity contribution in [2.75, 3.05) is 5.32 Å². The molecular formula is C22H20N4S. The van der Waals surface area contributed by atoms with Crippen LogP contribution in [0.4, 0.5) is 5.82 Å². The van der Waals surface area contributed by atoms with E-state index in [2.05, 4.69) is 46.1 Å². The third-order valence-electron chi connectivity index (χ3n) is 5.08. The lowest BCUT2D eigenvalue weighted by Crippen LogP contribution is -2.13. The number of fused-ring (bicyclic) bond motifs is 2. The fourth-order valence-corrected chi connectivity index (χ4v) is 4.45. The highest BCUT2D eigenvalue weighted by molar-refractivity contribution is 7.13. The number of nitrogens with one attached hydrogen (secondary N) is 1. The Morgan fingerprint density at radius 1 is 0.889 bits per heavy atom. The molecule has 0 saturated carbocycles. The van der Waals surface area contributed by atoms with Crippen LogP contribution in [0.3, 0.4) is 0 Å². The van der Waals surface area contributed by atoms with E-state index in [1.807, 2.05) is 18.2 Å². The smallest absolute Gasteiger partial charge is 0.182 e. The molecule has 2 aromatic carbocycles. The summed E-state index contributed by atoms with van der Waals surface area (Å²) in [6, 6.07) is 18.8. The lowest BCUT2D eigenvalue weighted by molar-refractivity contribution is 0.664. The van der Waals surface area contributed by atoms with Crippen LogP contribution < -0.4 is 5.32 Å². The minimum Gasteiger partial charge on any atom is -0.366 e. The summed E-state index contributed by atoms with van der Waals surface area (Å²) in [6.07, 6.45) is 4.46. The van der Waals surface area contributed by atoms with Gasteiger partial charge in [-0.1, -0.05) is 48.5 Å². The summed E-state index contributed by atoms with van der Waals surface area (Å²) >= 11 is 1.51. The van der Waals surface area contributed by atoms with Crippen LogP contribution in [0.5, 0.6) is 0 Å². The maximum atomic E-state index is 4.92. The van der Waals surface area contributed by atoms with E-state index in [-0.39, 0.29) is 0 Å². The highest BCUT2D eigenvalue weighted by Crippen LogP contribution is 2.32. The second kappa shape index (κ2) is 7.08. The summed E-state index contributed by atoms with van der Waals surface area (Å²) < 4.78 is 5.84. The number of aryl methyl sites for hydroxylation is 1. The summed E-state index contributed by atoms with van der Waals surface area (Å²) in [7, 11) is 0. The molecule has 4 aromatic rings. The molecule has 2 aromatic heterocycles. The van der Waals surface area contributed by atoms with Crippen molar-refractivity contribution >= 4 is 27.4 Å². The van der Waals surface area contributed by atoms with Crippen molar-refractivity contribution in [3.05, 3.63) is 71.4 Å². The van der Waals surface area contributed by atoms with E-state index in [4.69, 9.17) is 9.97 Å².